The molecule has 0 aromatic carbocycles. The third-order valence-electron chi connectivity index (χ3n) is 2.80. The molecule has 0 bridgehead atoms. The lowest BCUT2D eigenvalue weighted by Crippen LogP contribution is -2.41. The lowest BCUT2D eigenvalue weighted by molar-refractivity contribution is -0.141. The number of nitrogens with one attached hydrogen (secondary N) is 2. The molecule has 2 amide bonds. The van der Waals surface area contributed by atoms with Crippen LogP contribution in [0, 0.1) is 11.8 Å². The summed E-state index contributed by atoms with van der Waals surface area (Å²) < 4.78 is 0. The van der Waals surface area contributed by atoms with Gasteiger partial charge in [0.2, 0.25) is 0 Å². The highest BCUT2D eigenvalue weighted by molar-refractivity contribution is 5.75. The van der Waals surface area contributed by atoms with E-state index in [9.17, 15) is 9.59 Å². The van der Waals surface area contributed by atoms with Crippen LogP contribution < -0.4 is 10.6 Å². The smallest absolute Gasteiger partial charge is 0.314 e. The average molecular weight is 244 g/mol. The summed E-state index contributed by atoms with van der Waals surface area (Å²) in [6.07, 6.45) is 2.39. The highest BCUT2D eigenvalue weighted by atomic mass is 16.4. The number of carboxylic acid groups (broad SMARTS) is 1. The molecular formula is C12H24N2O3. The molecule has 0 fully saturated rings. The van der Waals surface area contributed by atoms with E-state index in [0.717, 1.165) is 12.8 Å². The highest BCUT2D eigenvalue weighted by Crippen LogP contribution is 2.04. The second-order valence-electron chi connectivity index (χ2n) is 4.43. The van der Waals surface area contributed by atoms with Crippen molar-refractivity contribution in [2.75, 3.05) is 13.1 Å². The zero-order chi connectivity index (χ0) is 13.3. The van der Waals surface area contributed by atoms with E-state index in [4.69, 9.17) is 5.11 Å². The third kappa shape index (κ3) is 7.60. The predicted molar refractivity (Wildman–Crippen MR) is 66.9 cm³/mol. The van der Waals surface area contributed by atoms with Gasteiger partial charge in [0.25, 0.3) is 0 Å². The molecule has 0 aliphatic heterocycles. The van der Waals surface area contributed by atoms with Gasteiger partial charge in [0.05, 0.1) is 5.92 Å². The minimum Gasteiger partial charge on any atom is -0.481 e. The van der Waals surface area contributed by atoms with Crippen LogP contribution in [0.5, 0.6) is 0 Å². The van der Waals surface area contributed by atoms with Gasteiger partial charge in [0, 0.05) is 13.1 Å². The molecule has 0 rings (SSSR count). The number of carbonyl (C=O) groups is 2. The van der Waals surface area contributed by atoms with Crippen molar-refractivity contribution in [1.29, 1.82) is 0 Å². The molecule has 100 valence electrons. The molecule has 0 aromatic rings. The van der Waals surface area contributed by atoms with Gasteiger partial charge in [-0.3, -0.25) is 4.79 Å². The summed E-state index contributed by atoms with van der Waals surface area (Å²) in [6, 6.07) is -0.285. The summed E-state index contributed by atoms with van der Waals surface area (Å²) in [5, 5.41) is 14.2. The first kappa shape index (κ1) is 15.7. The minimum atomic E-state index is -0.853. The van der Waals surface area contributed by atoms with E-state index in [1.807, 2.05) is 6.92 Å². The van der Waals surface area contributed by atoms with Gasteiger partial charge in [-0.2, -0.15) is 0 Å². The number of rotatable bonds is 8. The molecule has 0 aromatic heterocycles. The van der Waals surface area contributed by atoms with Crippen LogP contribution in [0.25, 0.3) is 0 Å². The number of carbonyl (C=O) groups excluding carboxylic acids is 1. The van der Waals surface area contributed by atoms with Crippen LogP contribution in [-0.2, 0) is 4.79 Å². The number of carboxylic acids is 1. The molecule has 2 unspecified atom stereocenters. The summed E-state index contributed by atoms with van der Waals surface area (Å²) >= 11 is 0. The van der Waals surface area contributed by atoms with Crippen LogP contribution >= 0.6 is 0 Å². The maximum atomic E-state index is 11.4. The Hall–Kier alpha value is -1.26. The van der Waals surface area contributed by atoms with E-state index in [0.29, 0.717) is 18.9 Å². The quantitative estimate of drug-likeness (QED) is 0.609. The largest absolute Gasteiger partial charge is 0.481 e. The Balaban J connectivity index is 3.84. The molecule has 0 spiro atoms. The molecule has 5 heteroatoms. The summed E-state index contributed by atoms with van der Waals surface area (Å²) in [5.41, 5.74) is 0. The van der Waals surface area contributed by atoms with Gasteiger partial charge in [0.1, 0.15) is 0 Å². The van der Waals surface area contributed by atoms with Crippen molar-refractivity contribution < 1.29 is 14.7 Å². The zero-order valence-electron chi connectivity index (χ0n) is 11.0. The standard InChI is InChI=1S/C12H24N2O3/c1-4-6-10(11(15)16)8-14-12(17)13-7-9(3)5-2/h9-10H,4-8H2,1-3H3,(H,15,16)(H2,13,14,17). The molecular weight excluding hydrogens is 220 g/mol. The summed E-state index contributed by atoms with van der Waals surface area (Å²) in [5.74, 6) is -0.907. The zero-order valence-corrected chi connectivity index (χ0v) is 11.0. The third-order valence-corrected chi connectivity index (χ3v) is 2.80. The fourth-order valence-corrected chi connectivity index (χ4v) is 1.35. The van der Waals surface area contributed by atoms with Gasteiger partial charge in [-0.1, -0.05) is 33.6 Å². The van der Waals surface area contributed by atoms with E-state index in [2.05, 4.69) is 24.5 Å². The monoisotopic (exact) mass is 244 g/mol. The minimum absolute atomic E-state index is 0.190. The first-order valence-electron chi connectivity index (χ1n) is 6.25. The van der Waals surface area contributed by atoms with Crippen LogP contribution in [0.2, 0.25) is 0 Å². The Kier molecular flexibility index (Phi) is 8.19. The lowest BCUT2D eigenvalue weighted by Gasteiger charge is -2.14. The Morgan fingerprint density at radius 2 is 1.76 bits per heavy atom. The first-order chi connectivity index (χ1) is 8.01. The SMILES string of the molecule is CCCC(CNC(=O)NCC(C)CC)C(=O)O. The molecule has 2 atom stereocenters. The Bertz CT molecular complexity index is 244. The molecule has 0 saturated carbocycles. The Morgan fingerprint density at radius 3 is 2.24 bits per heavy atom. The van der Waals surface area contributed by atoms with Crippen molar-refractivity contribution in [3.8, 4) is 0 Å². The highest BCUT2D eigenvalue weighted by Gasteiger charge is 2.16. The first-order valence-corrected chi connectivity index (χ1v) is 6.25. The molecule has 0 saturated heterocycles. The van der Waals surface area contributed by atoms with Crippen LogP contribution in [-0.4, -0.2) is 30.2 Å². The number of amides is 2. The van der Waals surface area contributed by atoms with Crippen LogP contribution in [0.4, 0.5) is 4.79 Å². The topological polar surface area (TPSA) is 78.4 Å². The lowest BCUT2D eigenvalue weighted by atomic mass is 10.0. The van der Waals surface area contributed by atoms with Crippen molar-refractivity contribution in [3.05, 3.63) is 0 Å². The fourth-order valence-electron chi connectivity index (χ4n) is 1.35. The number of hydrogen-bond donors (Lipinski definition) is 3. The van der Waals surface area contributed by atoms with E-state index < -0.39 is 11.9 Å². The van der Waals surface area contributed by atoms with Gasteiger partial charge in [-0.05, 0) is 12.3 Å². The van der Waals surface area contributed by atoms with E-state index in [1.165, 1.54) is 0 Å². The maximum Gasteiger partial charge on any atom is 0.314 e. The second kappa shape index (κ2) is 8.84. The van der Waals surface area contributed by atoms with Crippen LogP contribution in [0.3, 0.4) is 0 Å². The van der Waals surface area contributed by atoms with Gasteiger partial charge >= 0.3 is 12.0 Å². The molecule has 0 aliphatic rings. The predicted octanol–water partition coefficient (Wildman–Crippen LogP) is 1.83. The fraction of sp³-hybridized carbons (Fsp3) is 0.833. The van der Waals surface area contributed by atoms with E-state index >= 15 is 0 Å². The maximum absolute atomic E-state index is 11.4. The molecule has 5 nitrogen and oxygen atoms in total. The molecule has 0 heterocycles. The Labute approximate surface area is 103 Å². The van der Waals surface area contributed by atoms with Gasteiger partial charge in [0.15, 0.2) is 0 Å². The van der Waals surface area contributed by atoms with E-state index in [1.54, 1.807) is 0 Å². The van der Waals surface area contributed by atoms with Crippen molar-refractivity contribution >= 4 is 12.0 Å². The number of hydrogen-bond acceptors (Lipinski definition) is 2. The van der Waals surface area contributed by atoms with Crippen molar-refractivity contribution in [2.24, 2.45) is 11.8 Å². The van der Waals surface area contributed by atoms with Crippen molar-refractivity contribution in [2.45, 2.75) is 40.0 Å². The summed E-state index contributed by atoms with van der Waals surface area (Å²) in [7, 11) is 0. The van der Waals surface area contributed by atoms with Gasteiger partial charge in [-0.15, -0.1) is 0 Å². The van der Waals surface area contributed by atoms with Gasteiger partial charge < -0.3 is 15.7 Å². The average Bonchev–Trinajstić information content (AvgIpc) is 2.30. The van der Waals surface area contributed by atoms with Crippen LogP contribution in [0.15, 0.2) is 0 Å². The molecule has 0 aliphatic carbocycles. The van der Waals surface area contributed by atoms with E-state index in [-0.39, 0.29) is 12.6 Å². The molecule has 3 N–H and O–H groups in total. The van der Waals surface area contributed by atoms with Crippen molar-refractivity contribution in [1.82, 2.24) is 10.6 Å². The van der Waals surface area contributed by atoms with Crippen LogP contribution in [0.1, 0.15) is 40.0 Å². The summed E-state index contributed by atoms with van der Waals surface area (Å²) in [6.45, 7) is 6.85. The summed E-state index contributed by atoms with van der Waals surface area (Å²) in [4.78, 5) is 22.2. The molecule has 0 radical (unpaired) electrons. The normalized spacial score (nSPS) is 13.8. The number of aliphatic carboxylic acids is 1. The Morgan fingerprint density at radius 1 is 1.18 bits per heavy atom. The van der Waals surface area contributed by atoms with Crippen molar-refractivity contribution in [3.63, 3.8) is 0 Å². The van der Waals surface area contributed by atoms with Gasteiger partial charge in [-0.25, -0.2) is 4.79 Å². The molecule has 17 heavy (non-hydrogen) atoms. The second-order valence-corrected chi connectivity index (χ2v) is 4.43. The number of urea groups is 1.